The Morgan fingerprint density at radius 1 is 1.61 bits per heavy atom. The molecule has 1 aromatic heterocycles. The fourth-order valence-electron chi connectivity index (χ4n) is 2.71. The maximum atomic E-state index is 12.0. The molecule has 0 saturated carbocycles. The molecule has 18 heavy (non-hydrogen) atoms. The molecule has 1 amide bonds. The number of carbonyl (C=O) groups excluding carboxylic acids is 1. The van der Waals surface area contributed by atoms with Gasteiger partial charge in [-0.15, -0.1) is 0 Å². The number of carbonyl (C=O) groups is 1. The van der Waals surface area contributed by atoms with Crippen LogP contribution in [-0.2, 0) is 11.2 Å². The normalized spacial score (nSPS) is 22.9. The molecule has 1 fully saturated rings. The minimum Gasteiger partial charge on any atom is -0.358 e. The van der Waals surface area contributed by atoms with Crippen LogP contribution in [0.2, 0.25) is 0 Å². The van der Waals surface area contributed by atoms with E-state index in [9.17, 15) is 4.79 Å². The first-order valence-corrected chi connectivity index (χ1v) is 6.63. The molecule has 0 bridgehead atoms. The van der Waals surface area contributed by atoms with Crippen molar-refractivity contribution in [3.8, 4) is 0 Å². The molecule has 1 aromatic rings. The zero-order valence-corrected chi connectivity index (χ0v) is 10.9. The maximum Gasteiger partial charge on any atom is 0.240 e. The van der Waals surface area contributed by atoms with Gasteiger partial charge in [0, 0.05) is 19.4 Å². The molecule has 4 heteroatoms. The average Bonchev–Trinajstić information content (AvgIpc) is 2.89. The molecule has 0 aliphatic carbocycles. The highest BCUT2D eigenvalue weighted by Crippen LogP contribution is 2.25. The third-order valence-electron chi connectivity index (χ3n) is 3.70. The highest BCUT2D eigenvalue weighted by Gasteiger charge is 2.39. The van der Waals surface area contributed by atoms with Gasteiger partial charge in [0.25, 0.3) is 0 Å². The predicted molar refractivity (Wildman–Crippen MR) is 71.2 cm³/mol. The fourth-order valence-corrected chi connectivity index (χ4v) is 2.71. The Morgan fingerprint density at radius 3 is 3.11 bits per heavy atom. The molecule has 2 heterocycles. The second kappa shape index (κ2) is 5.96. The molecule has 1 aliphatic rings. The summed E-state index contributed by atoms with van der Waals surface area (Å²) in [6.07, 6.45) is 8.59. The topological polar surface area (TPSA) is 54.0 Å². The molecule has 98 valence electrons. The largest absolute Gasteiger partial charge is 0.358 e. The van der Waals surface area contributed by atoms with Crippen molar-refractivity contribution in [2.24, 2.45) is 0 Å². The van der Waals surface area contributed by atoms with E-state index in [4.69, 9.17) is 0 Å². The van der Waals surface area contributed by atoms with Gasteiger partial charge >= 0.3 is 0 Å². The molecule has 1 atom stereocenters. The van der Waals surface area contributed by atoms with Gasteiger partial charge in [0.1, 0.15) is 0 Å². The van der Waals surface area contributed by atoms with Gasteiger partial charge in [-0.1, -0.05) is 6.07 Å². The first kappa shape index (κ1) is 13.0. The van der Waals surface area contributed by atoms with E-state index in [2.05, 4.69) is 21.7 Å². The number of amides is 1. The third-order valence-corrected chi connectivity index (χ3v) is 3.70. The Morgan fingerprint density at radius 2 is 2.50 bits per heavy atom. The van der Waals surface area contributed by atoms with Crippen molar-refractivity contribution in [3.63, 3.8) is 0 Å². The molecular weight excluding hydrogens is 226 g/mol. The number of hydrogen-bond acceptors (Lipinski definition) is 3. The maximum absolute atomic E-state index is 12.0. The number of likely N-dealkylation sites (N-methyl/N-ethyl adjacent to an activating group) is 1. The predicted octanol–water partition coefficient (Wildman–Crippen LogP) is 1.27. The second-order valence-electron chi connectivity index (χ2n) is 4.91. The third kappa shape index (κ3) is 2.88. The van der Waals surface area contributed by atoms with Crippen molar-refractivity contribution in [1.29, 1.82) is 0 Å². The van der Waals surface area contributed by atoms with Crippen LogP contribution in [0.25, 0.3) is 0 Å². The second-order valence-corrected chi connectivity index (χ2v) is 4.91. The lowest BCUT2D eigenvalue weighted by atomic mass is 9.89. The van der Waals surface area contributed by atoms with Crippen LogP contribution in [0.4, 0.5) is 0 Å². The monoisotopic (exact) mass is 247 g/mol. The van der Waals surface area contributed by atoms with Gasteiger partial charge in [-0.3, -0.25) is 9.78 Å². The molecule has 0 radical (unpaired) electrons. The van der Waals surface area contributed by atoms with Crippen LogP contribution in [0.15, 0.2) is 24.5 Å². The van der Waals surface area contributed by atoms with Gasteiger partial charge in [-0.25, -0.2) is 0 Å². The van der Waals surface area contributed by atoms with E-state index in [1.807, 2.05) is 12.3 Å². The first-order valence-electron chi connectivity index (χ1n) is 6.63. The molecule has 2 N–H and O–H groups in total. The summed E-state index contributed by atoms with van der Waals surface area (Å²) in [5, 5.41) is 6.16. The molecule has 1 aliphatic heterocycles. The van der Waals surface area contributed by atoms with Gasteiger partial charge in [-0.05, 0) is 50.3 Å². The minimum atomic E-state index is -0.336. The Bertz CT molecular complexity index is 385. The summed E-state index contributed by atoms with van der Waals surface area (Å²) < 4.78 is 0. The van der Waals surface area contributed by atoms with Gasteiger partial charge in [0.2, 0.25) is 5.91 Å². The van der Waals surface area contributed by atoms with Crippen LogP contribution in [0.3, 0.4) is 0 Å². The van der Waals surface area contributed by atoms with E-state index in [0.717, 1.165) is 38.6 Å². The number of nitrogens with zero attached hydrogens (tertiary/aromatic N) is 1. The lowest BCUT2D eigenvalue weighted by molar-refractivity contribution is -0.126. The summed E-state index contributed by atoms with van der Waals surface area (Å²) in [6, 6.07) is 4.04. The van der Waals surface area contributed by atoms with E-state index in [1.54, 1.807) is 13.2 Å². The summed E-state index contributed by atoms with van der Waals surface area (Å²) in [4.78, 5) is 16.1. The first-order chi connectivity index (χ1) is 8.77. The SMILES string of the molecule is CNC(=O)[C@@]1(CCCc2cccnc2)CCCN1. The summed E-state index contributed by atoms with van der Waals surface area (Å²) in [7, 11) is 1.71. The number of pyridine rings is 1. The zero-order valence-electron chi connectivity index (χ0n) is 10.9. The van der Waals surface area contributed by atoms with E-state index in [-0.39, 0.29) is 11.4 Å². The van der Waals surface area contributed by atoms with Crippen LogP contribution < -0.4 is 10.6 Å². The van der Waals surface area contributed by atoms with Crippen LogP contribution >= 0.6 is 0 Å². The molecule has 4 nitrogen and oxygen atoms in total. The molecule has 2 rings (SSSR count). The highest BCUT2D eigenvalue weighted by atomic mass is 16.2. The molecular formula is C14H21N3O. The van der Waals surface area contributed by atoms with E-state index < -0.39 is 0 Å². The van der Waals surface area contributed by atoms with Crippen LogP contribution in [-0.4, -0.2) is 30.0 Å². The Hall–Kier alpha value is -1.42. The van der Waals surface area contributed by atoms with Crippen molar-refractivity contribution in [3.05, 3.63) is 30.1 Å². The average molecular weight is 247 g/mol. The van der Waals surface area contributed by atoms with Gasteiger partial charge in [-0.2, -0.15) is 0 Å². The van der Waals surface area contributed by atoms with Gasteiger partial charge < -0.3 is 10.6 Å². The highest BCUT2D eigenvalue weighted by molar-refractivity contribution is 5.86. The van der Waals surface area contributed by atoms with Crippen LogP contribution in [0, 0.1) is 0 Å². The van der Waals surface area contributed by atoms with E-state index in [0.29, 0.717) is 0 Å². The lowest BCUT2D eigenvalue weighted by Crippen LogP contribution is -2.52. The van der Waals surface area contributed by atoms with Crippen LogP contribution in [0.1, 0.15) is 31.2 Å². The minimum absolute atomic E-state index is 0.131. The van der Waals surface area contributed by atoms with Crippen molar-refractivity contribution >= 4 is 5.91 Å². The molecule has 0 spiro atoms. The van der Waals surface area contributed by atoms with Crippen molar-refractivity contribution < 1.29 is 4.79 Å². The molecule has 0 aromatic carbocycles. The molecule has 0 unspecified atom stereocenters. The van der Waals surface area contributed by atoms with E-state index in [1.165, 1.54) is 5.56 Å². The summed E-state index contributed by atoms with van der Waals surface area (Å²) in [5.41, 5.74) is 0.902. The fraction of sp³-hybridized carbons (Fsp3) is 0.571. The van der Waals surface area contributed by atoms with Crippen molar-refractivity contribution in [2.45, 2.75) is 37.6 Å². The zero-order chi connectivity index (χ0) is 12.8. The number of nitrogens with one attached hydrogen (secondary N) is 2. The lowest BCUT2D eigenvalue weighted by Gasteiger charge is -2.27. The number of aryl methyl sites for hydroxylation is 1. The van der Waals surface area contributed by atoms with Gasteiger partial charge in [0.05, 0.1) is 5.54 Å². The van der Waals surface area contributed by atoms with E-state index >= 15 is 0 Å². The molecule has 1 saturated heterocycles. The summed E-state index contributed by atoms with van der Waals surface area (Å²) in [6.45, 7) is 0.945. The Labute approximate surface area is 108 Å². The standard InChI is InChI=1S/C14H21N3O/c1-15-13(18)14(8-4-10-17-14)7-2-5-12-6-3-9-16-11-12/h3,6,9,11,17H,2,4-5,7-8,10H2,1H3,(H,15,18)/t14-/m1/s1. The van der Waals surface area contributed by atoms with Crippen molar-refractivity contribution in [1.82, 2.24) is 15.6 Å². The Balaban J connectivity index is 1.89. The smallest absolute Gasteiger partial charge is 0.240 e. The summed E-state index contributed by atoms with van der Waals surface area (Å²) >= 11 is 0. The number of hydrogen-bond donors (Lipinski definition) is 2. The quantitative estimate of drug-likeness (QED) is 0.824. The van der Waals surface area contributed by atoms with Crippen molar-refractivity contribution in [2.75, 3.05) is 13.6 Å². The number of rotatable bonds is 5. The van der Waals surface area contributed by atoms with Crippen LogP contribution in [0.5, 0.6) is 0 Å². The van der Waals surface area contributed by atoms with Gasteiger partial charge in [0.15, 0.2) is 0 Å². The Kier molecular flexibility index (Phi) is 4.31. The summed E-state index contributed by atoms with van der Waals surface area (Å²) in [5.74, 6) is 0.131. The number of aromatic nitrogens is 1.